The summed E-state index contributed by atoms with van der Waals surface area (Å²) in [5.41, 5.74) is 2.46. The minimum absolute atomic E-state index is 0.0119. The molecule has 0 aliphatic carbocycles. The Hall–Kier alpha value is -2.60. The molecule has 2 aromatic rings. The zero-order valence-electron chi connectivity index (χ0n) is 16.1. The average Bonchev–Trinajstić information content (AvgIpc) is 3.17. The molecule has 0 unspecified atom stereocenters. The fraction of sp³-hybridized carbons (Fsp3) is 0.429. The Morgan fingerprint density at radius 1 is 1.30 bits per heavy atom. The lowest BCUT2D eigenvalue weighted by molar-refractivity contribution is 0.0506. The van der Waals surface area contributed by atoms with Crippen LogP contribution in [-0.2, 0) is 11.3 Å². The number of ether oxygens (including phenoxy) is 2. The number of rotatable bonds is 6. The monoisotopic (exact) mass is 370 g/mol. The molecule has 1 N–H and O–H groups in total. The van der Waals surface area contributed by atoms with Crippen molar-refractivity contribution in [2.45, 2.75) is 39.3 Å². The first-order valence-corrected chi connectivity index (χ1v) is 9.22. The summed E-state index contributed by atoms with van der Waals surface area (Å²) in [5.74, 6) is 0.493. The zero-order valence-corrected chi connectivity index (χ0v) is 16.1. The number of methoxy groups -OCH3 is 1. The SMILES string of the molecule is COc1ccc(CN(C[C@@H]2CCCO2)C(=O)c2cc(C)c(C)[nH]c2=O)cc1. The highest BCUT2D eigenvalue weighted by Gasteiger charge is 2.25. The van der Waals surface area contributed by atoms with Gasteiger partial charge in [0.15, 0.2) is 0 Å². The van der Waals surface area contributed by atoms with Crippen LogP contribution in [0.3, 0.4) is 0 Å². The van der Waals surface area contributed by atoms with Crippen molar-refractivity contribution in [1.82, 2.24) is 9.88 Å². The van der Waals surface area contributed by atoms with E-state index in [1.165, 1.54) is 0 Å². The topological polar surface area (TPSA) is 71.6 Å². The third kappa shape index (κ3) is 4.57. The Morgan fingerprint density at radius 2 is 2.04 bits per heavy atom. The number of aromatic nitrogens is 1. The lowest BCUT2D eigenvalue weighted by Crippen LogP contribution is -2.39. The van der Waals surface area contributed by atoms with Crippen molar-refractivity contribution in [3.63, 3.8) is 0 Å². The average molecular weight is 370 g/mol. The highest BCUT2D eigenvalue weighted by atomic mass is 16.5. The molecule has 144 valence electrons. The highest BCUT2D eigenvalue weighted by molar-refractivity contribution is 5.94. The van der Waals surface area contributed by atoms with Gasteiger partial charge in [-0.1, -0.05) is 12.1 Å². The van der Waals surface area contributed by atoms with Gasteiger partial charge in [0.05, 0.1) is 13.2 Å². The Balaban J connectivity index is 1.87. The number of nitrogens with zero attached hydrogens (tertiary/aromatic N) is 1. The number of benzene rings is 1. The molecule has 6 nitrogen and oxygen atoms in total. The molecule has 1 aliphatic rings. The number of hydrogen-bond donors (Lipinski definition) is 1. The summed E-state index contributed by atoms with van der Waals surface area (Å²) in [4.78, 5) is 30.0. The Kier molecular flexibility index (Phi) is 5.96. The number of carbonyl (C=O) groups is 1. The molecule has 1 atom stereocenters. The van der Waals surface area contributed by atoms with E-state index in [0.29, 0.717) is 13.1 Å². The molecular formula is C21H26N2O4. The van der Waals surface area contributed by atoms with Gasteiger partial charge in [0.25, 0.3) is 11.5 Å². The van der Waals surface area contributed by atoms with Crippen molar-refractivity contribution in [2.75, 3.05) is 20.3 Å². The number of hydrogen-bond acceptors (Lipinski definition) is 4. The number of carbonyl (C=O) groups excluding carboxylic acids is 1. The molecule has 1 amide bonds. The quantitative estimate of drug-likeness (QED) is 0.849. The summed E-state index contributed by atoms with van der Waals surface area (Å²) in [7, 11) is 1.62. The number of aryl methyl sites for hydroxylation is 2. The van der Waals surface area contributed by atoms with Gasteiger partial charge in [0.1, 0.15) is 11.3 Å². The molecule has 2 heterocycles. The highest BCUT2D eigenvalue weighted by Crippen LogP contribution is 2.18. The van der Waals surface area contributed by atoms with Crippen LogP contribution >= 0.6 is 0 Å². The van der Waals surface area contributed by atoms with Crippen LogP contribution in [0.2, 0.25) is 0 Å². The van der Waals surface area contributed by atoms with Crippen LogP contribution in [0.4, 0.5) is 0 Å². The molecule has 27 heavy (non-hydrogen) atoms. The van der Waals surface area contributed by atoms with Gasteiger partial charge in [-0.3, -0.25) is 9.59 Å². The van der Waals surface area contributed by atoms with Crippen molar-refractivity contribution >= 4 is 5.91 Å². The zero-order chi connectivity index (χ0) is 19.4. The van der Waals surface area contributed by atoms with Crippen LogP contribution in [0.1, 0.15) is 40.0 Å². The molecule has 0 radical (unpaired) electrons. The van der Waals surface area contributed by atoms with Gasteiger partial charge in [0.2, 0.25) is 0 Å². The van der Waals surface area contributed by atoms with Crippen molar-refractivity contribution in [3.05, 3.63) is 63.1 Å². The van der Waals surface area contributed by atoms with E-state index in [4.69, 9.17) is 9.47 Å². The van der Waals surface area contributed by atoms with Gasteiger partial charge >= 0.3 is 0 Å². The first-order valence-electron chi connectivity index (χ1n) is 9.22. The van der Waals surface area contributed by atoms with Gasteiger partial charge in [0, 0.05) is 25.4 Å². The molecule has 1 aromatic heterocycles. The van der Waals surface area contributed by atoms with E-state index in [1.807, 2.05) is 38.1 Å². The Bertz CT molecular complexity index is 851. The minimum atomic E-state index is -0.352. The smallest absolute Gasteiger partial charge is 0.261 e. The van der Waals surface area contributed by atoms with Crippen LogP contribution in [0, 0.1) is 13.8 Å². The molecule has 0 spiro atoms. The van der Waals surface area contributed by atoms with Gasteiger partial charge in [-0.25, -0.2) is 0 Å². The molecule has 1 saturated heterocycles. The first-order chi connectivity index (χ1) is 13.0. The first kappa shape index (κ1) is 19.2. The number of amides is 1. The molecule has 0 bridgehead atoms. The van der Waals surface area contributed by atoms with E-state index >= 15 is 0 Å². The molecule has 1 aromatic carbocycles. The third-order valence-electron chi connectivity index (χ3n) is 5.00. The predicted molar refractivity (Wildman–Crippen MR) is 103 cm³/mol. The maximum atomic E-state index is 13.2. The lowest BCUT2D eigenvalue weighted by Gasteiger charge is -2.26. The second kappa shape index (κ2) is 8.39. The maximum absolute atomic E-state index is 13.2. The summed E-state index contributed by atoms with van der Waals surface area (Å²) in [6.07, 6.45) is 1.94. The van der Waals surface area contributed by atoms with Crippen molar-refractivity contribution in [2.24, 2.45) is 0 Å². The van der Waals surface area contributed by atoms with Crippen molar-refractivity contribution in [1.29, 1.82) is 0 Å². The molecule has 1 aliphatic heterocycles. The maximum Gasteiger partial charge on any atom is 0.261 e. The van der Waals surface area contributed by atoms with E-state index in [9.17, 15) is 9.59 Å². The minimum Gasteiger partial charge on any atom is -0.497 e. The molecule has 6 heteroatoms. The molecule has 3 rings (SSSR count). The summed E-state index contributed by atoms with van der Waals surface area (Å²) in [6, 6.07) is 9.27. The van der Waals surface area contributed by atoms with Crippen LogP contribution in [-0.4, -0.2) is 42.2 Å². The second-order valence-corrected chi connectivity index (χ2v) is 6.99. The van der Waals surface area contributed by atoms with E-state index in [2.05, 4.69) is 4.98 Å². The molecular weight excluding hydrogens is 344 g/mol. The van der Waals surface area contributed by atoms with Crippen LogP contribution in [0.15, 0.2) is 35.1 Å². The summed E-state index contributed by atoms with van der Waals surface area (Å²) in [5, 5.41) is 0. The third-order valence-corrected chi connectivity index (χ3v) is 5.00. The van der Waals surface area contributed by atoms with Gasteiger partial charge in [-0.2, -0.15) is 0 Å². The van der Waals surface area contributed by atoms with E-state index in [-0.39, 0.29) is 23.1 Å². The predicted octanol–water partition coefficient (Wildman–Crippen LogP) is 2.82. The van der Waals surface area contributed by atoms with Crippen molar-refractivity contribution in [3.8, 4) is 5.75 Å². The number of aromatic amines is 1. The second-order valence-electron chi connectivity index (χ2n) is 6.99. The summed E-state index contributed by atoms with van der Waals surface area (Å²) < 4.78 is 10.9. The number of nitrogens with one attached hydrogen (secondary N) is 1. The van der Waals surface area contributed by atoms with E-state index in [0.717, 1.165) is 42.0 Å². The van der Waals surface area contributed by atoms with Gasteiger partial charge in [-0.05, 0) is 56.0 Å². The number of pyridine rings is 1. The normalized spacial score (nSPS) is 16.3. The standard InChI is InChI=1S/C21H26N2O4/c1-14-11-19(20(24)22-15(14)2)21(25)23(13-18-5-4-10-27-18)12-16-6-8-17(26-3)9-7-16/h6-9,11,18H,4-5,10,12-13H2,1-3H3,(H,22,24)/t18-/m0/s1. The number of H-pyrrole nitrogens is 1. The largest absolute Gasteiger partial charge is 0.497 e. The van der Waals surface area contributed by atoms with E-state index in [1.54, 1.807) is 18.1 Å². The van der Waals surface area contributed by atoms with Gasteiger partial charge < -0.3 is 19.4 Å². The van der Waals surface area contributed by atoms with Crippen molar-refractivity contribution < 1.29 is 14.3 Å². The summed E-state index contributed by atoms with van der Waals surface area (Å²) >= 11 is 0. The fourth-order valence-corrected chi connectivity index (χ4v) is 3.26. The molecule has 1 fully saturated rings. The van der Waals surface area contributed by atoms with E-state index < -0.39 is 0 Å². The molecule has 0 saturated carbocycles. The fourth-order valence-electron chi connectivity index (χ4n) is 3.26. The van der Waals surface area contributed by atoms with Crippen LogP contribution < -0.4 is 10.3 Å². The Morgan fingerprint density at radius 3 is 2.67 bits per heavy atom. The Labute approximate surface area is 159 Å². The van der Waals surface area contributed by atoms with Crippen LogP contribution in [0.5, 0.6) is 5.75 Å². The summed E-state index contributed by atoms with van der Waals surface area (Å²) in [6.45, 7) is 5.31. The lowest BCUT2D eigenvalue weighted by atomic mass is 10.1. The van der Waals surface area contributed by atoms with Crippen LogP contribution in [0.25, 0.3) is 0 Å². The van der Waals surface area contributed by atoms with Gasteiger partial charge in [-0.15, -0.1) is 0 Å².